The SMILES string of the molecule is O=C(NS(=O)(=O)c1ccc(OC(F)(F)F)cc1)c1nnn(-c2c(F)cccc2F)c1C(F)(F)F. The zero-order valence-corrected chi connectivity index (χ0v) is 16.8. The number of carbonyl (C=O) groups excluding carboxylic acids is 1. The average molecular weight is 516 g/mol. The van der Waals surface area contributed by atoms with E-state index in [-0.39, 0.29) is 4.68 Å². The first-order valence-corrected chi connectivity index (χ1v) is 9.99. The smallest absolute Gasteiger partial charge is 0.406 e. The van der Waals surface area contributed by atoms with Crippen molar-refractivity contribution in [3.63, 3.8) is 0 Å². The molecule has 0 bridgehead atoms. The number of hydrogen-bond acceptors (Lipinski definition) is 6. The van der Waals surface area contributed by atoms with Crippen molar-refractivity contribution in [3.05, 3.63) is 65.5 Å². The molecule has 0 saturated heterocycles. The molecule has 34 heavy (non-hydrogen) atoms. The number of alkyl halides is 6. The number of nitrogens with zero attached hydrogens (tertiary/aromatic N) is 3. The van der Waals surface area contributed by atoms with Crippen LogP contribution in [-0.2, 0) is 16.2 Å². The highest BCUT2D eigenvalue weighted by Gasteiger charge is 2.43. The second-order valence-corrected chi connectivity index (χ2v) is 7.90. The van der Waals surface area contributed by atoms with E-state index in [4.69, 9.17) is 0 Å². The van der Waals surface area contributed by atoms with E-state index in [1.54, 1.807) is 0 Å². The van der Waals surface area contributed by atoms with Gasteiger partial charge in [-0.15, -0.1) is 18.3 Å². The maximum absolute atomic E-state index is 14.0. The lowest BCUT2D eigenvalue weighted by Gasteiger charge is -2.13. The molecule has 3 rings (SSSR count). The number of hydrogen-bond donors (Lipinski definition) is 1. The van der Waals surface area contributed by atoms with Gasteiger partial charge in [-0.05, 0) is 36.4 Å². The van der Waals surface area contributed by atoms with Crippen LogP contribution < -0.4 is 9.46 Å². The molecule has 0 fully saturated rings. The van der Waals surface area contributed by atoms with Crippen LogP contribution in [0.2, 0.25) is 0 Å². The summed E-state index contributed by atoms with van der Waals surface area (Å²) in [6.07, 6.45) is -10.6. The van der Waals surface area contributed by atoms with E-state index >= 15 is 0 Å². The van der Waals surface area contributed by atoms with Crippen LogP contribution in [0.3, 0.4) is 0 Å². The fourth-order valence-electron chi connectivity index (χ4n) is 2.59. The van der Waals surface area contributed by atoms with Crippen molar-refractivity contribution in [1.29, 1.82) is 0 Å². The number of carbonyl (C=O) groups is 1. The minimum Gasteiger partial charge on any atom is -0.406 e. The number of ether oxygens (including phenoxy) is 1. The number of aromatic nitrogens is 3. The normalized spacial score (nSPS) is 12.5. The van der Waals surface area contributed by atoms with Crippen LogP contribution in [0.25, 0.3) is 5.69 Å². The maximum atomic E-state index is 14.0. The highest BCUT2D eigenvalue weighted by atomic mass is 32.2. The van der Waals surface area contributed by atoms with E-state index in [9.17, 15) is 48.3 Å². The van der Waals surface area contributed by atoms with Crippen LogP contribution in [0.1, 0.15) is 16.2 Å². The Morgan fingerprint density at radius 1 is 0.941 bits per heavy atom. The number of halogens is 8. The molecule has 1 aromatic heterocycles. The summed E-state index contributed by atoms with van der Waals surface area (Å²) in [6.45, 7) is 0. The van der Waals surface area contributed by atoms with E-state index in [0.717, 1.165) is 6.07 Å². The zero-order chi connectivity index (χ0) is 25.5. The molecule has 1 heterocycles. The number of rotatable bonds is 5. The highest BCUT2D eigenvalue weighted by Crippen LogP contribution is 2.34. The van der Waals surface area contributed by atoms with Crippen LogP contribution in [0.15, 0.2) is 47.4 Å². The molecule has 2 aromatic carbocycles. The van der Waals surface area contributed by atoms with Gasteiger partial charge in [0.15, 0.2) is 23.0 Å². The Balaban J connectivity index is 1.97. The summed E-state index contributed by atoms with van der Waals surface area (Å²) in [4.78, 5) is 11.5. The zero-order valence-electron chi connectivity index (χ0n) is 15.9. The van der Waals surface area contributed by atoms with Gasteiger partial charge >= 0.3 is 12.5 Å². The van der Waals surface area contributed by atoms with Crippen LogP contribution in [0.4, 0.5) is 35.1 Å². The van der Waals surface area contributed by atoms with Crippen molar-refractivity contribution in [3.8, 4) is 11.4 Å². The molecule has 0 radical (unpaired) electrons. The van der Waals surface area contributed by atoms with Gasteiger partial charge in [-0.1, -0.05) is 11.3 Å². The van der Waals surface area contributed by atoms with Gasteiger partial charge in [0.05, 0.1) is 4.90 Å². The monoisotopic (exact) mass is 516 g/mol. The number of sulfonamides is 1. The summed E-state index contributed by atoms with van der Waals surface area (Å²) in [5.74, 6) is -5.77. The Bertz CT molecular complexity index is 1310. The molecular formula is C17H8F8N4O4S. The molecule has 0 atom stereocenters. The first-order chi connectivity index (χ1) is 15.6. The second-order valence-electron chi connectivity index (χ2n) is 6.22. The molecule has 1 amide bonds. The van der Waals surface area contributed by atoms with Gasteiger partial charge < -0.3 is 4.74 Å². The standard InChI is InChI=1S/C17H8F8N4O4S/c18-10-2-1-3-11(19)13(10)29-14(16(20,21)22)12(26-28-29)15(30)27-34(31,32)9-6-4-8(5-7-9)33-17(23,24)25/h1-7H,(H,27,30). The minimum atomic E-state index is -5.48. The molecule has 0 aliphatic rings. The van der Waals surface area contributed by atoms with Crippen LogP contribution in [0, 0.1) is 11.6 Å². The van der Waals surface area contributed by atoms with Gasteiger partial charge in [-0.2, -0.15) is 13.2 Å². The Kier molecular flexibility index (Phi) is 6.25. The number of para-hydroxylation sites is 1. The van der Waals surface area contributed by atoms with Gasteiger partial charge in [0.2, 0.25) is 0 Å². The lowest BCUT2D eigenvalue weighted by Crippen LogP contribution is -2.32. The minimum absolute atomic E-state index is 0.352. The van der Waals surface area contributed by atoms with Crippen LogP contribution in [0.5, 0.6) is 5.75 Å². The molecule has 0 saturated carbocycles. The van der Waals surface area contributed by atoms with Crippen LogP contribution in [-0.4, -0.2) is 35.7 Å². The fourth-order valence-corrected chi connectivity index (χ4v) is 3.54. The number of amides is 1. The molecule has 1 N–H and O–H groups in total. The van der Waals surface area contributed by atoms with E-state index in [1.807, 2.05) is 0 Å². The Morgan fingerprint density at radius 2 is 1.50 bits per heavy atom. The van der Waals surface area contributed by atoms with Gasteiger partial charge in [0.25, 0.3) is 15.9 Å². The molecular weight excluding hydrogens is 508 g/mol. The first-order valence-electron chi connectivity index (χ1n) is 8.50. The van der Waals surface area contributed by atoms with E-state index in [0.29, 0.717) is 36.4 Å². The molecule has 17 heteroatoms. The van der Waals surface area contributed by atoms with E-state index in [1.165, 1.54) is 4.72 Å². The summed E-state index contributed by atoms with van der Waals surface area (Å²) in [5.41, 5.74) is -5.06. The van der Waals surface area contributed by atoms with Gasteiger partial charge in [0.1, 0.15) is 11.4 Å². The summed E-state index contributed by atoms with van der Waals surface area (Å²) in [5, 5.41) is 5.84. The van der Waals surface area contributed by atoms with Crippen molar-refractivity contribution in [2.75, 3.05) is 0 Å². The molecule has 0 unspecified atom stereocenters. The molecule has 0 spiro atoms. The van der Waals surface area contributed by atoms with Crippen LogP contribution >= 0.6 is 0 Å². The highest BCUT2D eigenvalue weighted by molar-refractivity contribution is 7.90. The Labute approximate surface area is 183 Å². The molecule has 0 aliphatic carbocycles. The third-order valence-corrected chi connectivity index (χ3v) is 5.24. The number of nitrogens with one attached hydrogen (secondary N) is 1. The van der Waals surface area contributed by atoms with Crippen molar-refractivity contribution < 1.29 is 53.1 Å². The van der Waals surface area contributed by atoms with Crippen molar-refractivity contribution in [2.45, 2.75) is 17.4 Å². The molecule has 3 aromatic rings. The van der Waals surface area contributed by atoms with Crippen molar-refractivity contribution in [2.24, 2.45) is 0 Å². The average Bonchev–Trinajstić information content (AvgIpc) is 3.12. The second kappa shape index (κ2) is 8.54. The lowest BCUT2D eigenvalue weighted by molar-refractivity contribution is -0.274. The Morgan fingerprint density at radius 3 is 2.00 bits per heavy atom. The molecule has 0 aliphatic heterocycles. The van der Waals surface area contributed by atoms with E-state index < -0.39 is 67.8 Å². The third kappa shape index (κ3) is 5.24. The Hall–Kier alpha value is -3.76. The topological polar surface area (TPSA) is 103 Å². The van der Waals surface area contributed by atoms with Crippen molar-refractivity contribution >= 4 is 15.9 Å². The maximum Gasteiger partial charge on any atom is 0.573 e. The predicted molar refractivity (Wildman–Crippen MR) is 94.1 cm³/mol. The summed E-state index contributed by atoms with van der Waals surface area (Å²) in [6, 6.07) is 4.37. The van der Waals surface area contributed by atoms with Gasteiger partial charge in [-0.25, -0.2) is 26.6 Å². The summed E-state index contributed by atoms with van der Waals surface area (Å²) in [7, 11) is -4.93. The molecule has 8 nitrogen and oxygen atoms in total. The predicted octanol–water partition coefficient (Wildman–Crippen LogP) is 3.58. The number of benzene rings is 2. The largest absolute Gasteiger partial charge is 0.573 e. The molecule has 182 valence electrons. The van der Waals surface area contributed by atoms with Gasteiger partial charge in [0, 0.05) is 0 Å². The summed E-state index contributed by atoms with van der Waals surface area (Å²) < 4.78 is 134. The fraction of sp³-hybridized carbons (Fsp3) is 0.118. The van der Waals surface area contributed by atoms with E-state index in [2.05, 4.69) is 15.0 Å². The summed E-state index contributed by atoms with van der Waals surface area (Å²) >= 11 is 0. The first kappa shape index (κ1) is 24.9. The van der Waals surface area contributed by atoms with Crippen molar-refractivity contribution in [1.82, 2.24) is 19.7 Å². The quantitative estimate of drug-likeness (QED) is 0.521. The third-order valence-electron chi connectivity index (χ3n) is 3.90. The van der Waals surface area contributed by atoms with Gasteiger partial charge in [-0.3, -0.25) is 4.79 Å². The lowest BCUT2D eigenvalue weighted by atomic mass is 10.2.